The van der Waals surface area contributed by atoms with Crippen LogP contribution in [0.4, 0.5) is 10.6 Å². The SMILES string of the molecule is Cc1ccc(O)nc1N(CC(=O)OC(C)(C)C)C(=O)OC(C)(C)C. The lowest BCUT2D eigenvalue weighted by Crippen LogP contribution is -2.42. The summed E-state index contributed by atoms with van der Waals surface area (Å²) >= 11 is 0. The molecule has 0 unspecified atom stereocenters. The number of aromatic hydroxyl groups is 1. The zero-order chi connectivity index (χ0) is 18.7. The lowest BCUT2D eigenvalue weighted by Gasteiger charge is -2.28. The number of aromatic nitrogens is 1. The summed E-state index contributed by atoms with van der Waals surface area (Å²) in [7, 11) is 0. The molecule has 1 aromatic heterocycles. The van der Waals surface area contributed by atoms with Crippen LogP contribution in [0.5, 0.6) is 5.88 Å². The second-order valence-electron chi connectivity index (χ2n) is 7.46. The number of rotatable bonds is 3. The van der Waals surface area contributed by atoms with Gasteiger partial charge < -0.3 is 14.6 Å². The highest BCUT2D eigenvalue weighted by atomic mass is 16.6. The molecule has 1 rings (SSSR count). The molecule has 0 aliphatic heterocycles. The maximum absolute atomic E-state index is 12.5. The van der Waals surface area contributed by atoms with Gasteiger partial charge in [-0.2, -0.15) is 4.98 Å². The van der Waals surface area contributed by atoms with E-state index in [0.717, 1.165) is 4.90 Å². The summed E-state index contributed by atoms with van der Waals surface area (Å²) in [6.45, 7) is 11.7. The molecule has 0 fully saturated rings. The van der Waals surface area contributed by atoms with Gasteiger partial charge in [0, 0.05) is 6.07 Å². The van der Waals surface area contributed by atoms with Crippen LogP contribution in [0.25, 0.3) is 0 Å². The maximum Gasteiger partial charge on any atom is 0.416 e. The van der Waals surface area contributed by atoms with Crippen LogP contribution in [0.2, 0.25) is 0 Å². The van der Waals surface area contributed by atoms with E-state index in [1.807, 2.05) is 0 Å². The Morgan fingerprint density at radius 3 is 2.12 bits per heavy atom. The number of amides is 1. The van der Waals surface area contributed by atoms with E-state index in [2.05, 4.69) is 4.98 Å². The van der Waals surface area contributed by atoms with E-state index in [9.17, 15) is 14.7 Å². The Labute approximate surface area is 142 Å². The zero-order valence-electron chi connectivity index (χ0n) is 15.3. The molecule has 0 spiro atoms. The van der Waals surface area contributed by atoms with E-state index in [4.69, 9.17) is 9.47 Å². The smallest absolute Gasteiger partial charge is 0.416 e. The number of nitrogens with zero attached hydrogens (tertiary/aromatic N) is 2. The second kappa shape index (κ2) is 7.07. The van der Waals surface area contributed by atoms with E-state index < -0.39 is 23.3 Å². The summed E-state index contributed by atoms with van der Waals surface area (Å²) in [5.41, 5.74) is -0.811. The van der Waals surface area contributed by atoms with Gasteiger partial charge in [-0.3, -0.25) is 4.79 Å². The van der Waals surface area contributed by atoms with Crippen molar-refractivity contribution in [1.29, 1.82) is 0 Å². The van der Waals surface area contributed by atoms with Crippen LogP contribution in [0.1, 0.15) is 47.1 Å². The number of hydrogen-bond acceptors (Lipinski definition) is 6. The van der Waals surface area contributed by atoms with Crippen molar-refractivity contribution in [1.82, 2.24) is 4.98 Å². The zero-order valence-corrected chi connectivity index (χ0v) is 15.3. The molecular formula is C17H26N2O5. The van der Waals surface area contributed by atoms with Crippen molar-refractivity contribution < 1.29 is 24.2 Å². The molecule has 1 N–H and O–H groups in total. The number of esters is 1. The molecule has 1 heterocycles. The molecule has 0 bridgehead atoms. The molecule has 0 saturated heterocycles. The molecule has 0 radical (unpaired) electrons. The highest BCUT2D eigenvalue weighted by Gasteiger charge is 2.29. The van der Waals surface area contributed by atoms with Crippen LogP contribution in [-0.2, 0) is 14.3 Å². The van der Waals surface area contributed by atoms with Gasteiger partial charge in [0.05, 0.1) is 0 Å². The first-order valence-electron chi connectivity index (χ1n) is 7.67. The quantitative estimate of drug-likeness (QED) is 0.852. The Balaban J connectivity index is 3.14. The molecular weight excluding hydrogens is 312 g/mol. The number of carbonyl (C=O) groups excluding carboxylic acids is 2. The summed E-state index contributed by atoms with van der Waals surface area (Å²) in [4.78, 5) is 29.7. The van der Waals surface area contributed by atoms with Crippen molar-refractivity contribution in [2.24, 2.45) is 0 Å². The van der Waals surface area contributed by atoms with E-state index in [-0.39, 0.29) is 18.2 Å². The number of aryl methyl sites for hydroxylation is 1. The lowest BCUT2D eigenvalue weighted by molar-refractivity contribution is -0.153. The van der Waals surface area contributed by atoms with Gasteiger partial charge in [-0.05, 0) is 54.0 Å². The van der Waals surface area contributed by atoms with Crippen molar-refractivity contribution >= 4 is 17.9 Å². The minimum Gasteiger partial charge on any atom is -0.493 e. The molecule has 0 saturated carbocycles. The van der Waals surface area contributed by atoms with Crippen molar-refractivity contribution in [3.8, 4) is 5.88 Å². The van der Waals surface area contributed by atoms with Crippen molar-refractivity contribution in [2.45, 2.75) is 59.7 Å². The van der Waals surface area contributed by atoms with E-state index in [1.165, 1.54) is 6.07 Å². The monoisotopic (exact) mass is 338 g/mol. The third kappa shape index (κ3) is 6.44. The van der Waals surface area contributed by atoms with Gasteiger partial charge >= 0.3 is 12.1 Å². The Hall–Kier alpha value is -2.31. The lowest BCUT2D eigenvalue weighted by atomic mass is 10.2. The van der Waals surface area contributed by atoms with Crippen molar-refractivity contribution in [3.05, 3.63) is 17.7 Å². The first kappa shape index (κ1) is 19.7. The predicted octanol–water partition coefficient (Wildman–Crippen LogP) is 3.18. The summed E-state index contributed by atoms with van der Waals surface area (Å²) in [6, 6.07) is 3.00. The van der Waals surface area contributed by atoms with Gasteiger partial charge in [-0.25, -0.2) is 9.69 Å². The molecule has 0 aliphatic carbocycles. The first-order valence-corrected chi connectivity index (χ1v) is 7.67. The molecule has 0 atom stereocenters. The topological polar surface area (TPSA) is 89.0 Å². The van der Waals surface area contributed by atoms with Crippen LogP contribution in [-0.4, -0.2) is 39.9 Å². The van der Waals surface area contributed by atoms with Crippen LogP contribution in [0.3, 0.4) is 0 Å². The number of pyridine rings is 1. The highest BCUT2D eigenvalue weighted by Crippen LogP contribution is 2.23. The van der Waals surface area contributed by atoms with Gasteiger partial charge in [-0.1, -0.05) is 6.07 Å². The molecule has 1 amide bonds. The van der Waals surface area contributed by atoms with Crippen LogP contribution < -0.4 is 4.90 Å². The van der Waals surface area contributed by atoms with Gasteiger partial charge in [0.15, 0.2) is 0 Å². The van der Waals surface area contributed by atoms with Crippen molar-refractivity contribution in [2.75, 3.05) is 11.4 Å². The fraction of sp³-hybridized carbons (Fsp3) is 0.588. The molecule has 0 aliphatic rings. The van der Waals surface area contributed by atoms with Gasteiger partial charge in [-0.15, -0.1) is 0 Å². The van der Waals surface area contributed by atoms with E-state index in [1.54, 1.807) is 54.5 Å². The largest absolute Gasteiger partial charge is 0.493 e. The highest BCUT2D eigenvalue weighted by molar-refractivity contribution is 5.93. The summed E-state index contributed by atoms with van der Waals surface area (Å²) in [6.07, 6.45) is -0.741. The van der Waals surface area contributed by atoms with Gasteiger partial charge in [0.2, 0.25) is 5.88 Å². The van der Waals surface area contributed by atoms with E-state index >= 15 is 0 Å². The fourth-order valence-corrected chi connectivity index (χ4v) is 1.83. The Kier molecular flexibility index (Phi) is 5.81. The third-order valence-electron chi connectivity index (χ3n) is 2.63. The first-order chi connectivity index (χ1) is 10.8. The third-order valence-corrected chi connectivity index (χ3v) is 2.63. The fourth-order valence-electron chi connectivity index (χ4n) is 1.83. The second-order valence-corrected chi connectivity index (χ2v) is 7.46. The number of anilines is 1. The average Bonchev–Trinajstić information content (AvgIpc) is 2.35. The van der Waals surface area contributed by atoms with Gasteiger partial charge in [0.25, 0.3) is 0 Å². The van der Waals surface area contributed by atoms with Crippen molar-refractivity contribution in [3.63, 3.8) is 0 Å². The maximum atomic E-state index is 12.5. The summed E-state index contributed by atoms with van der Waals surface area (Å²) < 4.78 is 10.6. The molecule has 24 heavy (non-hydrogen) atoms. The summed E-state index contributed by atoms with van der Waals surface area (Å²) in [5.74, 6) is -0.707. The molecule has 7 heteroatoms. The Morgan fingerprint density at radius 2 is 1.62 bits per heavy atom. The Morgan fingerprint density at radius 1 is 1.08 bits per heavy atom. The minimum absolute atomic E-state index is 0.148. The number of carbonyl (C=O) groups is 2. The van der Waals surface area contributed by atoms with Crippen LogP contribution in [0, 0.1) is 6.92 Å². The van der Waals surface area contributed by atoms with Crippen LogP contribution >= 0.6 is 0 Å². The normalized spacial score (nSPS) is 11.8. The summed E-state index contributed by atoms with van der Waals surface area (Å²) in [5, 5.41) is 9.62. The minimum atomic E-state index is -0.742. The average molecular weight is 338 g/mol. The number of hydrogen-bond donors (Lipinski definition) is 1. The number of ether oxygens (including phenoxy) is 2. The van der Waals surface area contributed by atoms with Crippen LogP contribution in [0.15, 0.2) is 12.1 Å². The standard InChI is InChI=1S/C17H26N2O5/c1-11-8-9-12(20)18-14(11)19(15(22)24-17(5,6)7)10-13(21)23-16(2,3)4/h8-9H,10H2,1-7H3,(H,18,20). The molecule has 0 aromatic carbocycles. The molecule has 7 nitrogen and oxygen atoms in total. The molecule has 1 aromatic rings. The van der Waals surface area contributed by atoms with E-state index in [0.29, 0.717) is 5.56 Å². The van der Waals surface area contributed by atoms with Gasteiger partial charge in [0.1, 0.15) is 23.6 Å². The molecule has 134 valence electrons. The predicted molar refractivity (Wildman–Crippen MR) is 90.1 cm³/mol. The Bertz CT molecular complexity index is 614.